The summed E-state index contributed by atoms with van der Waals surface area (Å²) in [7, 11) is 2.19. The van der Waals surface area contributed by atoms with Crippen LogP contribution in [0.2, 0.25) is 0 Å². The minimum atomic E-state index is 0.717. The van der Waals surface area contributed by atoms with Crippen LogP contribution in [-0.2, 0) is 6.54 Å². The molecule has 2 aliphatic rings. The van der Waals surface area contributed by atoms with Gasteiger partial charge in [-0.3, -0.25) is 4.40 Å². The van der Waals surface area contributed by atoms with E-state index < -0.39 is 0 Å². The third-order valence-corrected chi connectivity index (χ3v) is 4.66. The highest BCUT2D eigenvalue weighted by Crippen LogP contribution is 2.33. The molecule has 2 aromatic heterocycles. The molecule has 5 heteroatoms. The van der Waals surface area contributed by atoms with Crippen LogP contribution >= 0.6 is 11.3 Å². The third-order valence-electron chi connectivity index (χ3n) is 3.90. The van der Waals surface area contributed by atoms with Gasteiger partial charge in [0.05, 0.1) is 5.69 Å². The quantitative estimate of drug-likeness (QED) is 0.897. The van der Waals surface area contributed by atoms with Crippen LogP contribution in [-0.4, -0.2) is 28.5 Å². The lowest BCUT2D eigenvalue weighted by molar-refractivity contribution is 0.668. The summed E-state index contributed by atoms with van der Waals surface area (Å²) in [5, 5.41) is 5.73. The molecule has 0 radical (unpaired) electrons. The molecule has 0 aromatic carbocycles. The van der Waals surface area contributed by atoms with E-state index in [0.717, 1.165) is 17.5 Å². The van der Waals surface area contributed by atoms with Gasteiger partial charge in [0, 0.05) is 37.3 Å². The second kappa shape index (κ2) is 3.96. The molecule has 2 fully saturated rings. The van der Waals surface area contributed by atoms with Crippen molar-refractivity contribution in [1.82, 2.24) is 14.7 Å². The van der Waals surface area contributed by atoms with E-state index in [0.29, 0.717) is 6.04 Å². The molecule has 96 valence electrons. The van der Waals surface area contributed by atoms with Gasteiger partial charge in [-0.25, -0.2) is 4.98 Å². The summed E-state index contributed by atoms with van der Waals surface area (Å²) in [6.07, 6.45) is 7.44. The molecule has 0 saturated heterocycles. The van der Waals surface area contributed by atoms with Gasteiger partial charge in [0.15, 0.2) is 10.8 Å². The largest absolute Gasteiger partial charge is 0.355 e. The van der Waals surface area contributed by atoms with Crippen molar-refractivity contribution in [1.29, 1.82) is 0 Å². The monoisotopic (exact) mass is 262 g/mol. The fraction of sp³-hybridized carbons (Fsp3) is 0.615. The average Bonchev–Trinajstić information content (AvgIpc) is 3.26. The van der Waals surface area contributed by atoms with Gasteiger partial charge >= 0.3 is 0 Å². The average molecular weight is 262 g/mol. The fourth-order valence-electron chi connectivity index (χ4n) is 2.43. The molecule has 0 bridgehead atoms. The number of nitrogens with one attached hydrogen (secondary N) is 1. The smallest absolute Gasteiger partial charge is 0.195 e. The van der Waals surface area contributed by atoms with Crippen LogP contribution < -0.4 is 10.2 Å². The molecule has 2 saturated carbocycles. The maximum atomic E-state index is 4.80. The van der Waals surface area contributed by atoms with Gasteiger partial charge in [0.2, 0.25) is 0 Å². The van der Waals surface area contributed by atoms with Crippen molar-refractivity contribution < 1.29 is 0 Å². The SMILES string of the molecule is CN(c1nc2sccn2c1CNC1CC1)C1CC1. The van der Waals surface area contributed by atoms with Gasteiger partial charge in [-0.2, -0.15) is 0 Å². The molecule has 0 spiro atoms. The van der Waals surface area contributed by atoms with Crippen LogP contribution in [0.15, 0.2) is 11.6 Å². The lowest BCUT2D eigenvalue weighted by atomic mass is 10.3. The highest BCUT2D eigenvalue weighted by atomic mass is 32.1. The van der Waals surface area contributed by atoms with Gasteiger partial charge in [-0.05, 0) is 25.7 Å². The van der Waals surface area contributed by atoms with Crippen LogP contribution in [0, 0.1) is 0 Å². The number of rotatable bonds is 5. The predicted molar refractivity (Wildman–Crippen MR) is 74.4 cm³/mol. The normalized spacial score (nSPS) is 19.6. The van der Waals surface area contributed by atoms with E-state index in [9.17, 15) is 0 Å². The van der Waals surface area contributed by atoms with Crippen molar-refractivity contribution in [2.45, 2.75) is 44.3 Å². The first-order valence-electron chi connectivity index (χ1n) is 6.73. The van der Waals surface area contributed by atoms with E-state index in [1.54, 1.807) is 11.3 Å². The molecule has 0 amide bonds. The Kier molecular flexibility index (Phi) is 2.38. The lowest BCUT2D eigenvalue weighted by Crippen LogP contribution is -2.24. The second-order valence-corrected chi connectivity index (χ2v) is 6.31. The minimum absolute atomic E-state index is 0.717. The molecule has 2 heterocycles. The van der Waals surface area contributed by atoms with Crippen LogP contribution in [0.3, 0.4) is 0 Å². The van der Waals surface area contributed by atoms with Crippen LogP contribution in [0.1, 0.15) is 31.4 Å². The zero-order valence-electron chi connectivity index (χ0n) is 10.6. The predicted octanol–water partition coefficient (Wildman–Crippen LogP) is 2.25. The van der Waals surface area contributed by atoms with Crippen molar-refractivity contribution in [2.24, 2.45) is 0 Å². The third kappa shape index (κ3) is 1.82. The fourth-order valence-corrected chi connectivity index (χ4v) is 3.16. The second-order valence-electron chi connectivity index (χ2n) is 5.43. The molecule has 1 N–H and O–H groups in total. The topological polar surface area (TPSA) is 32.6 Å². The highest BCUT2D eigenvalue weighted by Gasteiger charge is 2.30. The van der Waals surface area contributed by atoms with Gasteiger partial charge in [0.1, 0.15) is 0 Å². The van der Waals surface area contributed by atoms with Crippen molar-refractivity contribution in [3.63, 3.8) is 0 Å². The van der Waals surface area contributed by atoms with E-state index in [1.807, 2.05) is 0 Å². The first-order chi connectivity index (χ1) is 8.83. The van der Waals surface area contributed by atoms with E-state index >= 15 is 0 Å². The summed E-state index contributed by atoms with van der Waals surface area (Å²) in [6, 6.07) is 1.46. The highest BCUT2D eigenvalue weighted by molar-refractivity contribution is 7.15. The molecule has 18 heavy (non-hydrogen) atoms. The molecular weight excluding hydrogens is 244 g/mol. The summed E-state index contributed by atoms with van der Waals surface area (Å²) in [4.78, 5) is 8.28. The molecule has 4 nitrogen and oxygen atoms in total. The standard InChI is InChI=1S/C13H18N4S/c1-16(10-4-5-10)12-11(8-14-9-2-3-9)17-6-7-18-13(17)15-12/h6-7,9-10,14H,2-5,8H2,1H3. The summed E-state index contributed by atoms with van der Waals surface area (Å²) >= 11 is 1.72. The lowest BCUT2D eigenvalue weighted by Gasteiger charge is -2.17. The number of hydrogen-bond donors (Lipinski definition) is 1. The molecule has 0 atom stereocenters. The Morgan fingerprint density at radius 3 is 3.00 bits per heavy atom. The van der Waals surface area contributed by atoms with Crippen molar-refractivity contribution in [3.8, 4) is 0 Å². The minimum Gasteiger partial charge on any atom is -0.355 e. The number of imidazole rings is 1. The number of fused-ring (bicyclic) bond motifs is 1. The number of anilines is 1. The zero-order chi connectivity index (χ0) is 12.1. The number of nitrogens with zero attached hydrogens (tertiary/aromatic N) is 3. The molecule has 4 rings (SSSR count). The van der Waals surface area contributed by atoms with E-state index in [2.05, 4.69) is 33.2 Å². The summed E-state index contributed by atoms with van der Waals surface area (Å²) < 4.78 is 2.24. The Balaban J connectivity index is 1.69. The van der Waals surface area contributed by atoms with Gasteiger partial charge in [-0.15, -0.1) is 11.3 Å². The Morgan fingerprint density at radius 2 is 2.28 bits per heavy atom. The van der Waals surface area contributed by atoms with Crippen molar-refractivity contribution in [2.75, 3.05) is 11.9 Å². The van der Waals surface area contributed by atoms with Crippen LogP contribution in [0.4, 0.5) is 5.82 Å². The van der Waals surface area contributed by atoms with Gasteiger partial charge < -0.3 is 10.2 Å². The molecular formula is C13H18N4S. The van der Waals surface area contributed by atoms with Crippen molar-refractivity contribution in [3.05, 3.63) is 17.3 Å². The van der Waals surface area contributed by atoms with Gasteiger partial charge in [-0.1, -0.05) is 0 Å². The Bertz CT molecular complexity index is 565. The van der Waals surface area contributed by atoms with E-state index in [1.165, 1.54) is 37.2 Å². The molecule has 2 aromatic rings. The summed E-state index contributed by atoms with van der Waals surface area (Å²) in [5.41, 5.74) is 1.33. The van der Waals surface area contributed by atoms with E-state index in [4.69, 9.17) is 4.98 Å². The molecule has 2 aliphatic carbocycles. The van der Waals surface area contributed by atoms with Gasteiger partial charge in [0.25, 0.3) is 0 Å². The van der Waals surface area contributed by atoms with Crippen LogP contribution in [0.5, 0.6) is 0 Å². The van der Waals surface area contributed by atoms with E-state index in [-0.39, 0.29) is 0 Å². The maximum absolute atomic E-state index is 4.80. The zero-order valence-corrected chi connectivity index (χ0v) is 11.4. The maximum Gasteiger partial charge on any atom is 0.195 e. The Morgan fingerprint density at radius 1 is 1.44 bits per heavy atom. The molecule has 0 aliphatic heterocycles. The Labute approximate surface area is 111 Å². The molecule has 0 unspecified atom stereocenters. The van der Waals surface area contributed by atoms with Crippen molar-refractivity contribution >= 4 is 22.1 Å². The summed E-state index contributed by atoms with van der Waals surface area (Å²) in [5.74, 6) is 1.18. The Hall–Kier alpha value is -1.07. The number of hydrogen-bond acceptors (Lipinski definition) is 4. The number of thiazole rings is 1. The number of aromatic nitrogens is 2. The first kappa shape index (κ1) is 10.8. The van der Waals surface area contributed by atoms with Crippen LogP contribution in [0.25, 0.3) is 4.96 Å². The summed E-state index contributed by atoms with van der Waals surface area (Å²) in [6.45, 7) is 0.939. The first-order valence-corrected chi connectivity index (χ1v) is 7.61.